The first-order valence-electron chi connectivity index (χ1n) is 9.76. The van der Waals surface area contributed by atoms with Crippen LogP contribution in [0.4, 0.5) is 4.39 Å². The number of rotatable bonds is 16. The van der Waals surface area contributed by atoms with Gasteiger partial charge in [-0.3, -0.25) is 0 Å². The van der Waals surface area contributed by atoms with Crippen molar-refractivity contribution in [2.45, 2.75) is 77.0 Å². The summed E-state index contributed by atoms with van der Waals surface area (Å²) in [7, 11) is 0. The zero-order chi connectivity index (χ0) is 17.3. The van der Waals surface area contributed by atoms with Crippen LogP contribution in [-0.2, 0) is 6.42 Å². The van der Waals surface area contributed by atoms with Gasteiger partial charge in [0.15, 0.2) is 0 Å². The summed E-state index contributed by atoms with van der Waals surface area (Å²) in [6, 6.07) is 6.92. The van der Waals surface area contributed by atoms with Crippen molar-refractivity contribution in [1.82, 2.24) is 0 Å². The van der Waals surface area contributed by atoms with Crippen LogP contribution in [0.1, 0.15) is 76.2 Å². The van der Waals surface area contributed by atoms with Crippen LogP contribution in [0, 0.1) is 5.82 Å². The Balaban J connectivity index is 1.75. The van der Waals surface area contributed by atoms with E-state index in [0.717, 1.165) is 12.2 Å². The zero-order valence-electron chi connectivity index (χ0n) is 15.1. The molecule has 0 spiro atoms. The van der Waals surface area contributed by atoms with Crippen LogP contribution >= 0.6 is 11.8 Å². The molecule has 0 aromatic heterocycles. The molecule has 0 heterocycles. The summed E-state index contributed by atoms with van der Waals surface area (Å²) in [5, 5.41) is 8.69. The molecule has 1 rings (SSSR count). The fourth-order valence-electron chi connectivity index (χ4n) is 2.94. The first-order valence-corrected chi connectivity index (χ1v) is 10.9. The molecule has 0 fully saturated rings. The third-order valence-electron chi connectivity index (χ3n) is 4.40. The molecule has 0 unspecified atom stereocenters. The number of aryl methyl sites for hydroxylation is 1. The monoisotopic (exact) mass is 354 g/mol. The Labute approximate surface area is 152 Å². The SMILES string of the molecule is OCCSCCCCCCCCCCCCCc1ccc(F)cc1. The molecule has 1 N–H and O–H groups in total. The van der Waals surface area contributed by atoms with Crippen molar-refractivity contribution in [2.75, 3.05) is 18.1 Å². The van der Waals surface area contributed by atoms with Crippen LogP contribution in [0.5, 0.6) is 0 Å². The van der Waals surface area contributed by atoms with Gasteiger partial charge in [0.05, 0.1) is 6.61 Å². The number of aliphatic hydroxyl groups is 1. The summed E-state index contributed by atoms with van der Waals surface area (Å²) in [5.74, 6) is 1.96. The van der Waals surface area contributed by atoms with Crippen molar-refractivity contribution in [2.24, 2.45) is 0 Å². The maximum Gasteiger partial charge on any atom is 0.123 e. The minimum atomic E-state index is -0.140. The molecular weight excluding hydrogens is 319 g/mol. The van der Waals surface area contributed by atoms with Gasteiger partial charge in [-0.15, -0.1) is 0 Å². The van der Waals surface area contributed by atoms with Gasteiger partial charge in [0.25, 0.3) is 0 Å². The second-order valence-corrected chi connectivity index (χ2v) is 7.83. The maximum absolute atomic E-state index is 12.8. The summed E-state index contributed by atoms with van der Waals surface area (Å²) < 4.78 is 12.8. The Hall–Kier alpha value is -0.540. The average molecular weight is 355 g/mol. The Morgan fingerprint density at radius 1 is 0.667 bits per heavy atom. The van der Waals surface area contributed by atoms with E-state index in [1.807, 2.05) is 23.9 Å². The number of halogens is 1. The molecule has 1 aromatic rings. The predicted octanol–water partition coefficient (Wildman–Crippen LogP) is 6.38. The van der Waals surface area contributed by atoms with E-state index in [4.69, 9.17) is 5.11 Å². The van der Waals surface area contributed by atoms with Gasteiger partial charge in [0.2, 0.25) is 0 Å². The maximum atomic E-state index is 12.8. The normalized spacial score (nSPS) is 11.1. The van der Waals surface area contributed by atoms with Crippen molar-refractivity contribution in [1.29, 1.82) is 0 Å². The molecule has 1 aromatic carbocycles. The van der Waals surface area contributed by atoms with Gasteiger partial charge in [-0.25, -0.2) is 4.39 Å². The highest BCUT2D eigenvalue weighted by Gasteiger charge is 1.96. The number of benzene rings is 1. The lowest BCUT2D eigenvalue weighted by atomic mass is 10.0. The number of thioether (sulfide) groups is 1. The second kappa shape index (κ2) is 16.0. The summed E-state index contributed by atoms with van der Waals surface area (Å²) in [4.78, 5) is 0. The number of hydrogen-bond donors (Lipinski definition) is 1. The molecule has 0 radical (unpaired) electrons. The van der Waals surface area contributed by atoms with Crippen LogP contribution in [-0.4, -0.2) is 23.2 Å². The molecule has 0 saturated heterocycles. The third-order valence-corrected chi connectivity index (χ3v) is 5.45. The standard InChI is InChI=1S/C21H35FOS/c22-21-15-13-20(14-16-21)12-10-8-6-4-2-1-3-5-7-9-11-18-24-19-17-23/h13-16,23H,1-12,17-19H2. The summed E-state index contributed by atoms with van der Waals surface area (Å²) in [5.41, 5.74) is 1.26. The van der Waals surface area contributed by atoms with E-state index >= 15 is 0 Å². The van der Waals surface area contributed by atoms with Gasteiger partial charge in [0.1, 0.15) is 5.82 Å². The second-order valence-electron chi connectivity index (χ2n) is 6.60. The van der Waals surface area contributed by atoms with Crippen LogP contribution in [0.15, 0.2) is 24.3 Å². The molecule has 1 nitrogen and oxygen atoms in total. The fourth-order valence-corrected chi connectivity index (χ4v) is 3.68. The number of aliphatic hydroxyl groups excluding tert-OH is 1. The van der Waals surface area contributed by atoms with Gasteiger partial charge in [0, 0.05) is 5.75 Å². The van der Waals surface area contributed by atoms with E-state index in [1.54, 1.807) is 12.1 Å². The van der Waals surface area contributed by atoms with E-state index in [-0.39, 0.29) is 5.82 Å². The van der Waals surface area contributed by atoms with Gasteiger partial charge >= 0.3 is 0 Å². The van der Waals surface area contributed by atoms with E-state index in [9.17, 15) is 4.39 Å². The van der Waals surface area contributed by atoms with E-state index in [0.29, 0.717) is 6.61 Å². The highest BCUT2D eigenvalue weighted by molar-refractivity contribution is 7.99. The quantitative estimate of drug-likeness (QED) is 0.347. The molecule has 0 aliphatic carbocycles. The minimum Gasteiger partial charge on any atom is -0.396 e. The number of unbranched alkanes of at least 4 members (excludes halogenated alkanes) is 10. The van der Waals surface area contributed by atoms with Gasteiger partial charge in [-0.05, 0) is 42.7 Å². The lowest BCUT2D eigenvalue weighted by Crippen LogP contribution is -1.89. The van der Waals surface area contributed by atoms with Crippen LogP contribution in [0.3, 0.4) is 0 Å². The van der Waals surface area contributed by atoms with Crippen LogP contribution in [0.25, 0.3) is 0 Å². The molecule has 0 atom stereocenters. The van der Waals surface area contributed by atoms with Crippen LogP contribution in [0.2, 0.25) is 0 Å². The molecule has 0 saturated carbocycles. The van der Waals surface area contributed by atoms with Crippen molar-refractivity contribution in [3.63, 3.8) is 0 Å². The first-order chi connectivity index (χ1) is 11.8. The van der Waals surface area contributed by atoms with Crippen molar-refractivity contribution in [3.8, 4) is 0 Å². The molecular formula is C21H35FOS. The Morgan fingerprint density at radius 2 is 1.17 bits per heavy atom. The Bertz CT molecular complexity index is 380. The zero-order valence-corrected chi connectivity index (χ0v) is 16.0. The van der Waals surface area contributed by atoms with E-state index < -0.39 is 0 Å². The summed E-state index contributed by atoms with van der Waals surface area (Å²) in [6.07, 6.45) is 15.9. The van der Waals surface area contributed by atoms with E-state index in [2.05, 4.69) is 0 Å². The van der Waals surface area contributed by atoms with Crippen molar-refractivity contribution in [3.05, 3.63) is 35.6 Å². The molecule has 0 aliphatic rings. The van der Waals surface area contributed by atoms with Gasteiger partial charge in [-0.2, -0.15) is 11.8 Å². The fraction of sp³-hybridized carbons (Fsp3) is 0.714. The smallest absolute Gasteiger partial charge is 0.123 e. The molecule has 0 aliphatic heterocycles. The lowest BCUT2D eigenvalue weighted by molar-refractivity contribution is 0.322. The molecule has 138 valence electrons. The third kappa shape index (κ3) is 12.8. The van der Waals surface area contributed by atoms with Crippen LogP contribution < -0.4 is 0 Å². The van der Waals surface area contributed by atoms with Crippen molar-refractivity contribution >= 4 is 11.8 Å². The van der Waals surface area contributed by atoms with Gasteiger partial charge < -0.3 is 5.11 Å². The highest BCUT2D eigenvalue weighted by Crippen LogP contribution is 2.14. The molecule has 0 bridgehead atoms. The lowest BCUT2D eigenvalue weighted by Gasteiger charge is -2.04. The first kappa shape index (κ1) is 21.5. The predicted molar refractivity (Wildman–Crippen MR) is 105 cm³/mol. The molecule has 0 amide bonds. The average Bonchev–Trinajstić information content (AvgIpc) is 2.60. The van der Waals surface area contributed by atoms with Crippen molar-refractivity contribution < 1.29 is 9.50 Å². The molecule has 3 heteroatoms. The Kier molecular flexibility index (Phi) is 14.3. The van der Waals surface area contributed by atoms with Gasteiger partial charge in [-0.1, -0.05) is 69.9 Å². The highest BCUT2D eigenvalue weighted by atomic mass is 32.2. The number of hydrogen-bond acceptors (Lipinski definition) is 2. The topological polar surface area (TPSA) is 20.2 Å². The summed E-state index contributed by atoms with van der Waals surface area (Å²) in [6.45, 7) is 0.316. The summed E-state index contributed by atoms with van der Waals surface area (Å²) >= 11 is 1.87. The molecule has 24 heavy (non-hydrogen) atoms. The largest absolute Gasteiger partial charge is 0.396 e. The van der Waals surface area contributed by atoms with E-state index in [1.165, 1.54) is 81.9 Å². The minimum absolute atomic E-state index is 0.140. The Morgan fingerprint density at radius 3 is 1.71 bits per heavy atom.